The number of carboxylic acids is 1. The summed E-state index contributed by atoms with van der Waals surface area (Å²) in [7, 11) is 1.34. The van der Waals surface area contributed by atoms with Crippen molar-refractivity contribution in [2.45, 2.75) is 45.1 Å². The van der Waals surface area contributed by atoms with Crippen molar-refractivity contribution in [3.05, 3.63) is 34.0 Å². The number of aromatic carboxylic acids is 1. The third kappa shape index (κ3) is 4.36. The second kappa shape index (κ2) is 8.34. The van der Waals surface area contributed by atoms with E-state index in [0.29, 0.717) is 10.6 Å². The van der Waals surface area contributed by atoms with Crippen molar-refractivity contribution in [2.75, 3.05) is 12.4 Å². The first-order valence-electron chi connectivity index (χ1n) is 8.79. The Labute approximate surface area is 160 Å². The maximum absolute atomic E-state index is 12.4. The van der Waals surface area contributed by atoms with Crippen LogP contribution in [0.2, 0.25) is 0 Å². The molecular weight excluding hydrogens is 370 g/mol. The summed E-state index contributed by atoms with van der Waals surface area (Å²) < 4.78 is 6.34. The summed E-state index contributed by atoms with van der Waals surface area (Å²) in [6, 6.07) is 1.38. The van der Waals surface area contributed by atoms with E-state index in [9.17, 15) is 14.4 Å². The highest BCUT2D eigenvalue weighted by Gasteiger charge is 2.26. The van der Waals surface area contributed by atoms with Crippen LogP contribution in [-0.2, 0) is 28.9 Å². The fourth-order valence-electron chi connectivity index (χ4n) is 3.15. The number of carbonyl (C=O) groups excluding carboxylic acids is 2. The highest BCUT2D eigenvalue weighted by molar-refractivity contribution is 7.17. The first kappa shape index (κ1) is 19.1. The number of aromatic nitrogens is 2. The largest absolute Gasteiger partial charge is 0.476 e. The standard InChI is InChI=1S/C18H21N3O5S/c1-26-18(25)15-11-5-3-2-4-6-13(11)27-16(15)19-14(22)8-10-21-9-7-12(20-21)17(23)24/h7,9H,2-6,8,10H2,1H3,(H,19,22)(H,23,24). The van der Waals surface area contributed by atoms with Gasteiger partial charge in [-0.25, -0.2) is 9.59 Å². The topological polar surface area (TPSA) is 111 Å². The summed E-state index contributed by atoms with van der Waals surface area (Å²) in [5.74, 6) is -1.80. The Morgan fingerprint density at radius 1 is 1.30 bits per heavy atom. The Hall–Kier alpha value is -2.68. The number of esters is 1. The molecule has 27 heavy (non-hydrogen) atoms. The van der Waals surface area contributed by atoms with Crippen molar-refractivity contribution in [3.8, 4) is 0 Å². The molecule has 0 atom stereocenters. The summed E-state index contributed by atoms with van der Waals surface area (Å²) in [5.41, 5.74) is 1.41. The molecule has 1 aliphatic rings. The van der Waals surface area contributed by atoms with Crippen molar-refractivity contribution < 1.29 is 24.2 Å². The number of hydrogen-bond acceptors (Lipinski definition) is 6. The van der Waals surface area contributed by atoms with Gasteiger partial charge in [-0.1, -0.05) is 6.42 Å². The van der Waals surface area contributed by atoms with Crippen molar-refractivity contribution in [1.29, 1.82) is 0 Å². The number of carboxylic acid groups (broad SMARTS) is 1. The van der Waals surface area contributed by atoms with Crippen LogP contribution in [0, 0.1) is 0 Å². The van der Waals surface area contributed by atoms with Crippen LogP contribution in [0.5, 0.6) is 0 Å². The molecule has 3 rings (SSSR count). The molecule has 1 aliphatic carbocycles. The first-order chi connectivity index (χ1) is 13.0. The van der Waals surface area contributed by atoms with E-state index in [1.54, 1.807) is 0 Å². The molecule has 0 unspecified atom stereocenters. The molecule has 2 heterocycles. The van der Waals surface area contributed by atoms with Crippen LogP contribution >= 0.6 is 11.3 Å². The van der Waals surface area contributed by atoms with Crippen LogP contribution in [-0.4, -0.2) is 39.8 Å². The van der Waals surface area contributed by atoms with Gasteiger partial charge in [0.05, 0.1) is 12.7 Å². The SMILES string of the molecule is COC(=O)c1c(NC(=O)CCn2ccc(C(=O)O)n2)sc2c1CCCCC2. The van der Waals surface area contributed by atoms with Crippen LogP contribution in [0.4, 0.5) is 5.00 Å². The lowest BCUT2D eigenvalue weighted by atomic mass is 10.1. The molecule has 0 radical (unpaired) electrons. The van der Waals surface area contributed by atoms with E-state index in [4.69, 9.17) is 9.84 Å². The maximum atomic E-state index is 12.4. The molecule has 0 saturated carbocycles. The normalized spacial score (nSPS) is 13.5. The third-order valence-electron chi connectivity index (χ3n) is 4.49. The molecule has 0 fully saturated rings. The van der Waals surface area contributed by atoms with Crippen LogP contribution in [0.15, 0.2) is 12.3 Å². The minimum Gasteiger partial charge on any atom is -0.476 e. The van der Waals surface area contributed by atoms with E-state index in [0.717, 1.165) is 42.5 Å². The first-order valence-corrected chi connectivity index (χ1v) is 9.60. The average molecular weight is 391 g/mol. The van der Waals surface area contributed by atoms with E-state index in [1.165, 1.54) is 35.4 Å². The monoisotopic (exact) mass is 391 g/mol. The predicted molar refractivity (Wildman–Crippen MR) is 99.4 cm³/mol. The van der Waals surface area contributed by atoms with Crippen molar-refractivity contribution in [2.24, 2.45) is 0 Å². The van der Waals surface area contributed by atoms with Gasteiger partial charge >= 0.3 is 11.9 Å². The zero-order chi connectivity index (χ0) is 19.4. The highest BCUT2D eigenvalue weighted by Crippen LogP contribution is 2.38. The quantitative estimate of drug-likeness (QED) is 0.579. The van der Waals surface area contributed by atoms with Gasteiger partial charge < -0.3 is 15.2 Å². The molecule has 0 bridgehead atoms. The molecule has 9 heteroatoms. The smallest absolute Gasteiger partial charge is 0.356 e. The summed E-state index contributed by atoms with van der Waals surface area (Å²) in [6.45, 7) is 0.248. The number of ether oxygens (including phenoxy) is 1. The average Bonchev–Trinajstić information content (AvgIpc) is 3.18. The highest BCUT2D eigenvalue weighted by atomic mass is 32.1. The molecule has 144 valence electrons. The molecule has 2 N–H and O–H groups in total. The summed E-state index contributed by atoms with van der Waals surface area (Å²) >= 11 is 1.44. The zero-order valence-corrected chi connectivity index (χ0v) is 15.8. The molecule has 2 aromatic rings. The lowest BCUT2D eigenvalue weighted by molar-refractivity contribution is -0.116. The number of nitrogens with zero attached hydrogens (tertiary/aromatic N) is 2. The Bertz CT molecular complexity index is 870. The van der Waals surface area contributed by atoms with Gasteiger partial charge in [0, 0.05) is 24.0 Å². The Kier molecular flexibility index (Phi) is 5.90. The van der Waals surface area contributed by atoms with Gasteiger partial charge in [0.25, 0.3) is 0 Å². The van der Waals surface area contributed by atoms with E-state index in [1.807, 2.05) is 0 Å². The molecule has 0 aliphatic heterocycles. The molecule has 2 aromatic heterocycles. The Balaban J connectivity index is 1.71. The zero-order valence-electron chi connectivity index (χ0n) is 15.0. The van der Waals surface area contributed by atoms with E-state index < -0.39 is 11.9 Å². The minimum atomic E-state index is -1.11. The fourth-order valence-corrected chi connectivity index (χ4v) is 4.45. The van der Waals surface area contributed by atoms with Crippen molar-refractivity contribution in [1.82, 2.24) is 9.78 Å². The number of carbonyl (C=O) groups is 3. The molecular formula is C18H21N3O5S. The number of amides is 1. The summed E-state index contributed by atoms with van der Waals surface area (Å²) in [4.78, 5) is 36.6. The van der Waals surface area contributed by atoms with Gasteiger partial charge in [-0.05, 0) is 37.3 Å². The lowest BCUT2D eigenvalue weighted by Gasteiger charge is -2.07. The van der Waals surface area contributed by atoms with E-state index in [2.05, 4.69) is 10.4 Å². The van der Waals surface area contributed by atoms with Crippen LogP contribution in [0.1, 0.15) is 57.0 Å². The van der Waals surface area contributed by atoms with Crippen molar-refractivity contribution >= 4 is 34.2 Å². The third-order valence-corrected chi connectivity index (χ3v) is 5.70. The van der Waals surface area contributed by atoms with Gasteiger partial charge in [0.15, 0.2) is 5.69 Å². The number of hydrogen-bond donors (Lipinski definition) is 2. The van der Waals surface area contributed by atoms with Crippen LogP contribution in [0.3, 0.4) is 0 Å². The van der Waals surface area contributed by atoms with E-state index in [-0.39, 0.29) is 24.6 Å². The molecule has 8 nitrogen and oxygen atoms in total. The van der Waals surface area contributed by atoms with Gasteiger partial charge in [-0.15, -0.1) is 11.3 Å². The second-order valence-corrected chi connectivity index (χ2v) is 7.43. The van der Waals surface area contributed by atoms with E-state index >= 15 is 0 Å². The Morgan fingerprint density at radius 3 is 2.78 bits per heavy atom. The molecule has 0 saturated heterocycles. The summed E-state index contributed by atoms with van der Waals surface area (Å²) in [6.07, 6.45) is 6.58. The maximum Gasteiger partial charge on any atom is 0.356 e. The number of methoxy groups -OCH3 is 1. The van der Waals surface area contributed by atoms with Gasteiger partial charge in [-0.3, -0.25) is 9.48 Å². The predicted octanol–water partition coefficient (Wildman–Crippen LogP) is 2.73. The number of nitrogens with one attached hydrogen (secondary N) is 1. The van der Waals surface area contributed by atoms with Crippen molar-refractivity contribution in [3.63, 3.8) is 0 Å². The second-order valence-electron chi connectivity index (χ2n) is 6.33. The Morgan fingerprint density at radius 2 is 2.07 bits per heavy atom. The summed E-state index contributed by atoms with van der Waals surface area (Å²) in [5, 5.41) is 16.1. The number of aryl methyl sites for hydroxylation is 2. The van der Waals surface area contributed by atoms with Crippen LogP contribution < -0.4 is 5.32 Å². The fraction of sp³-hybridized carbons (Fsp3) is 0.444. The molecule has 0 spiro atoms. The van der Waals surface area contributed by atoms with Gasteiger partial charge in [-0.2, -0.15) is 5.10 Å². The van der Waals surface area contributed by atoms with Gasteiger partial charge in [0.2, 0.25) is 5.91 Å². The molecule has 0 aromatic carbocycles. The number of thiophene rings is 1. The number of anilines is 1. The van der Waals surface area contributed by atoms with Gasteiger partial charge in [0.1, 0.15) is 5.00 Å². The molecule has 1 amide bonds. The lowest BCUT2D eigenvalue weighted by Crippen LogP contribution is -2.16. The number of rotatable bonds is 6. The minimum absolute atomic E-state index is 0.0645. The number of fused-ring (bicyclic) bond motifs is 1. The van der Waals surface area contributed by atoms with Crippen LogP contribution in [0.25, 0.3) is 0 Å².